The highest BCUT2D eigenvalue weighted by Crippen LogP contribution is 2.28. The molecule has 2 aromatic rings. The van der Waals surface area contributed by atoms with Gasteiger partial charge in [-0.3, -0.25) is 4.79 Å². The molecular weight excluding hydrogens is 292 g/mol. The first kappa shape index (κ1) is 14.9. The number of ether oxygens (including phenoxy) is 1. The Morgan fingerprint density at radius 1 is 1.15 bits per heavy atom. The average Bonchev–Trinajstić information content (AvgIpc) is 2.48. The van der Waals surface area contributed by atoms with E-state index in [0.29, 0.717) is 10.6 Å². The van der Waals surface area contributed by atoms with E-state index < -0.39 is 6.10 Å². The number of hydrogen-bond donors (Lipinski definition) is 0. The van der Waals surface area contributed by atoms with E-state index in [1.54, 1.807) is 43.0 Å². The van der Waals surface area contributed by atoms with Gasteiger partial charge < -0.3 is 4.74 Å². The normalized spacial score (nSPS) is 11.9. The highest BCUT2D eigenvalue weighted by Gasteiger charge is 2.17. The molecule has 0 spiro atoms. The van der Waals surface area contributed by atoms with Gasteiger partial charge >= 0.3 is 0 Å². The number of carbonyl (C=O) groups is 1. The first-order chi connectivity index (χ1) is 9.61. The minimum absolute atomic E-state index is 0.0578. The Hall–Kier alpha value is -1.45. The molecule has 2 aromatic carbocycles. The maximum absolute atomic E-state index is 12.3. The van der Waals surface area contributed by atoms with Crippen LogP contribution in [-0.4, -0.2) is 18.1 Å². The second-order valence-corrected chi connectivity index (χ2v) is 5.57. The summed E-state index contributed by atoms with van der Waals surface area (Å²) in [6.07, 6.45) is 1.44. The molecule has 0 radical (unpaired) electrons. The summed E-state index contributed by atoms with van der Waals surface area (Å²) >= 11 is 7.41. The van der Waals surface area contributed by atoms with E-state index in [4.69, 9.17) is 16.3 Å². The summed E-state index contributed by atoms with van der Waals surface area (Å²) in [5.74, 6) is 0.674. The smallest absolute Gasteiger partial charge is 0.202 e. The molecule has 0 fully saturated rings. The van der Waals surface area contributed by atoms with Gasteiger partial charge in [0.15, 0.2) is 6.10 Å². The maximum Gasteiger partial charge on any atom is 0.202 e. The van der Waals surface area contributed by atoms with E-state index in [-0.39, 0.29) is 5.78 Å². The molecule has 2 nitrogen and oxygen atoms in total. The van der Waals surface area contributed by atoms with Gasteiger partial charge in [0, 0.05) is 15.5 Å². The summed E-state index contributed by atoms with van der Waals surface area (Å²) < 4.78 is 5.78. The summed E-state index contributed by atoms with van der Waals surface area (Å²) in [5.41, 5.74) is 0.600. The molecule has 0 aliphatic heterocycles. The molecule has 0 saturated heterocycles. The lowest BCUT2D eigenvalue weighted by Gasteiger charge is -2.15. The first-order valence-electron chi connectivity index (χ1n) is 6.21. The molecule has 0 N–H and O–H groups in total. The van der Waals surface area contributed by atoms with E-state index >= 15 is 0 Å². The monoisotopic (exact) mass is 306 g/mol. The van der Waals surface area contributed by atoms with Crippen LogP contribution in [0.25, 0.3) is 0 Å². The number of rotatable bonds is 5. The Bertz CT molecular complexity index is 596. The number of halogens is 1. The van der Waals surface area contributed by atoms with Gasteiger partial charge in [-0.05, 0) is 49.6 Å². The molecule has 0 aliphatic carbocycles. The second-order valence-electron chi connectivity index (χ2n) is 4.28. The van der Waals surface area contributed by atoms with Crippen molar-refractivity contribution in [1.29, 1.82) is 0 Å². The van der Waals surface area contributed by atoms with Crippen LogP contribution in [0.2, 0.25) is 5.02 Å². The van der Waals surface area contributed by atoms with Gasteiger partial charge in [-0.1, -0.05) is 23.7 Å². The quantitative estimate of drug-likeness (QED) is 0.591. The van der Waals surface area contributed by atoms with Gasteiger partial charge in [0.2, 0.25) is 5.78 Å². The summed E-state index contributed by atoms with van der Waals surface area (Å²) in [4.78, 5) is 13.3. The first-order valence-corrected chi connectivity index (χ1v) is 7.81. The molecule has 20 heavy (non-hydrogen) atoms. The summed E-state index contributed by atoms with van der Waals surface area (Å²) in [6, 6.07) is 14.5. The van der Waals surface area contributed by atoms with Crippen molar-refractivity contribution in [3.05, 3.63) is 59.1 Å². The Morgan fingerprint density at radius 2 is 1.80 bits per heavy atom. The fraction of sp³-hybridized carbons (Fsp3) is 0.188. The highest BCUT2D eigenvalue weighted by atomic mass is 35.5. The predicted octanol–water partition coefficient (Wildman–Crippen LogP) is 4.71. The SMILES string of the molecule is CSc1ccccc1OC(C)C(=O)c1ccc(Cl)cc1. The van der Waals surface area contributed by atoms with Gasteiger partial charge in [-0.2, -0.15) is 0 Å². The zero-order valence-electron chi connectivity index (χ0n) is 11.3. The summed E-state index contributed by atoms with van der Waals surface area (Å²) in [5, 5.41) is 0.614. The number of carbonyl (C=O) groups excluding carboxylic acids is 1. The van der Waals surface area contributed by atoms with Gasteiger partial charge in [-0.15, -0.1) is 11.8 Å². The van der Waals surface area contributed by atoms with Gasteiger partial charge in [0.1, 0.15) is 5.75 Å². The third-order valence-corrected chi connectivity index (χ3v) is 3.90. The van der Waals surface area contributed by atoms with Crippen LogP contribution in [0.3, 0.4) is 0 Å². The average molecular weight is 307 g/mol. The standard InChI is InChI=1S/C16H15ClO2S/c1-11(16(18)12-7-9-13(17)10-8-12)19-14-5-3-4-6-15(14)20-2/h3-11H,1-2H3. The van der Waals surface area contributed by atoms with Crippen molar-refractivity contribution in [2.45, 2.75) is 17.9 Å². The Labute approximate surface area is 128 Å². The lowest BCUT2D eigenvalue weighted by atomic mass is 10.1. The number of thioether (sulfide) groups is 1. The Morgan fingerprint density at radius 3 is 2.45 bits per heavy atom. The van der Waals surface area contributed by atoms with E-state index in [2.05, 4.69) is 0 Å². The maximum atomic E-state index is 12.3. The topological polar surface area (TPSA) is 26.3 Å². The van der Waals surface area contributed by atoms with E-state index in [1.807, 2.05) is 30.5 Å². The molecule has 4 heteroatoms. The van der Waals surface area contributed by atoms with E-state index in [1.165, 1.54) is 0 Å². The van der Waals surface area contributed by atoms with Crippen molar-refractivity contribution in [3.63, 3.8) is 0 Å². The zero-order chi connectivity index (χ0) is 14.5. The van der Waals surface area contributed by atoms with E-state index in [9.17, 15) is 4.79 Å². The Kier molecular flexibility index (Phi) is 5.10. The van der Waals surface area contributed by atoms with Crippen molar-refractivity contribution in [1.82, 2.24) is 0 Å². The minimum Gasteiger partial charge on any atom is -0.481 e. The van der Waals surface area contributed by atoms with Crippen LogP contribution in [0, 0.1) is 0 Å². The van der Waals surface area contributed by atoms with Crippen LogP contribution < -0.4 is 4.74 Å². The van der Waals surface area contributed by atoms with Crippen LogP contribution in [0.15, 0.2) is 53.4 Å². The van der Waals surface area contributed by atoms with Crippen LogP contribution >= 0.6 is 23.4 Å². The third-order valence-electron chi connectivity index (χ3n) is 2.87. The van der Waals surface area contributed by atoms with Crippen molar-refractivity contribution in [3.8, 4) is 5.75 Å². The molecule has 0 saturated carbocycles. The predicted molar refractivity (Wildman–Crippen MR) is 84.1 cm³/mol. The fourth-order valence-electron chi connectivity index (χ4n) is 1.81. The molecule has 1 atom stereocenters. The van der Waals surface area contributed by atoms with Crippen LogP contribution in [0.4, 0.5) is 0 Å². The molecule has 0 aromatic heterocycles. The van der Waals surface area contributed by atoms with Crippen LogP contribution in [-0.2, 0) is 0 Å². The van der Waals surface area contributed by atoms with Gasteiger partial charge in [-0.25, -0.2) is 0 Å². The van der Waals surface area contributed by atoms with Crippen molar-refractivity contribution in [2.24, 2.45) is 0 Å². The molecule has 0 aliphatic rings. The molecule has 104 valence electrons. The minimum atomic E-state index is -0.538. The zero-order valence-corrected chi connectivity index (χ0v) is 12.9. The van der Waals surface area contributed by atoms with Crippen molar-refractivity contribution < 1.29 is 9.53 Å². The van der Waals surface area contributed by atoms with Crippen LogP contribution in [0.1, 0.15) is 17.3 Å². The molecule has 0 heterocycles. The van der Waals surface area contributed by atoms with Gasteiger partial charge in [0.25, 0.3) is 0 Å². The van der Waals surface area contributed by atoms with Gasteiger partial charge in [0.05, 0.1) is 0 Å². The fourth-order valence-corrected chi connectivity index (χ4v) is 2.47. The second kappa shape index (κ2) is 6.82. The number of benzene rings is 2. The molecule has 1 unspecified atom stereocenters. The highest BCUT2D eigenvalue weighted by molar-refractivity contribution is 7.98. The van der Waals surface area contributed by atoms with E-state index in [0.717, 1.165) is 10.6 Å². The Balaban J connectivity index is 2.13. The number of para-hydroxylation sites is 1. The van der Waals surface area contributed by atoms with Crippen molar-refractivity contribution >= 4 is 29.1 Å². The number of ketones is 1. The number of Topliss-reactive ketones (excluding diaryl/α,β-unsaturated/α-hetero) is 1. The lowest BCUT2D eigenvalue weighted by molar-refractivity contribution is 0.0814. The molecule has 0 amide bonds. The largest absolute Gasteiger partial charge is 0.481 e. The van der Waals surface area contributed by atoms with Crippen molar-refractivity contribution in [2.75, 3.05) is 6.26 Å². The third kappa shape index (κ3) is 3.56. The number of hydrogen-bond acceptors (Lipinski definition) is 3. The van der Waals surface area contributed by atoms with Crippen LogP contribution in [0.5, 0.6) is 5.75 Å². The summed E-state index contributed by atoms with van der Waals surface area (Å²) in [7, 11) is 0. The molecule has 0 bridgehead atoms. The molecular formula is C16H15ClO2S. The molecule has 2 rings (SSSR count). The summed E-state index contributed by atoms with van der Waals surface area (Å²) in [6.45, 7) is 1.76. The lowest BCUT2D eigenvalue weighted by Crippen LogP contribution is -2.24.